The lowest BCUT2D eigenvalue weighted by atomic mass is 10.1. The number of nitrogens with zero attached hydrogens (tertiary/aromatic N) is 2. The fourth-order valence-electron chi connectivity index (χ4n) is 2.69. The standard InChI is InChI=1S/C15H20FN3O/c1-18-7-9-19(10-8-18)14(20)17-15(5-6-15)12-3-2-4-13(16)11-12/h2-4,11H,5-10H2,1H3,(H,17,20). The number of nitrogens with one attached hydrogen (secondary N) is 1. The Morgan fingerprint density at radius 3 is 2.55 bits per heavy atom. The molecule has 2 aliphatic rings. The van der Waals surface area contributed by atoms with Gasteiger partial charge in [0.2, 0.25) is 0 Å². The van der Waals surface area contributed by atoms with Gasteiger partial charge in [0.25, 0.3) is 0 Å². The van der Waals surface area contributed by atoms with E-state index in [0.29, 0.717) is 0 Å². The second-order valence-corrected chi connectivity index (χ2v) is 5.81. The highest BCUT2D eigenvalue weighted by molar-refractivity contribution is 5.76. The summed E-state index contributed by atoms with van der Waals surface area (Å²) < 4.78 is 13.3. The van der Waals surface area contributed by atoms with E-state index in [4.69, 9.17) is 0 Å². The molecule has 0 atom stereocenters. The van der Waals surface area contributed by atoms with Gasteiger partial charge < -0.3 is 15.1 Å². The number of hydrogen-bond donors (Lipinski definition) is 1. The van der Waals surface area contributed by atoms with Crippen LogP contribution in [0.25, 0.3) is 0 Å². The summed E-state index contributed by atoms with van der Waals surface area (Å²) in [4.78, 5) is 16.4. The van der Waals surface area contributed by atoms with E-state index in [1.807, 2.05) is 11.0 Å². The Morgan fingerprint density at radius 2 is 1.95 bits per heavy atom. The quantitative estimate of drug-likeness (QED) is 0.894. The predicted molar refractivity (Wildman–Crippen MR) is 74.9 cm³/mol. The van der Waals surface area contributed by atoms with Gasteiger partial charge in [-0.25, -0.2) is 9.18 Å². The Balaban J connectivity index is 1.66. The van der Waals surface area contributed by atoms with Gasteiger partial charge >= 0.3 is 6.03 Å². The van der Waals surface area contributed by atoms with E-state index in [-0.39, 0.29) is 17.4 Å². The second kappa shape index (κ2) is 5.05. The van der Waals surface area contributed by atoms with Crippen LogP contribution in [0, 0.1) is 5.82 Å². The summed E-state index contributed by atoms with van der Waals surface area (Å²) in [6.45, 7) is 3.31. The van der Waals surface area contributed by atoms with Crippen LogP contribution >= 0.6 is 0 Å². The molecule has 5 heteroatoms. The minimum atomic E-state index is -0.345. The summed E-state index contributed by atoms with van der Waals surface area (Å²) >= 11 is 0. The molecule has 0 unspecified atom stereocenters. The molecule has 0 aromatic heterocycles. The maximum absolute atomic E-state index is 13.3. The highest BCUT2D eigenvalue weighted by atomic mass is 19.1. The number of likely N-dealkylation sites (N-methyl/N-ethyl adjacent to an activating group) is 1. The SMILES string of the molecule is CN1CCN(C(=O)NC2(c3cccc(F)c3)CC2)CC1. The molecule has 1 aromatic rings. The number of piperazine rings is 1. The highest BCUT2D eigenvalue weighted by Crippen LogP contribution is 2.45. The lowest BCUT2D eigenvalue weighted by molar-refractivity contribution is 0.150. The average Bonchev–Trinajstić information content (AvgIpc) is 3.20. The van der Waals surface area contributed by atoms with E-state index in [0.717, 1.165) is 44.6 Å². The first-order valence-electron chi connectivity index (χ1n) is 7.11. The van der Waals surface area contributed by atoms with Gasteiger partial charge in [-0.1, -0.05) is 12.1 Å². The van der Waals surface area contributed by atoms with Gasteiger partial charge in [-0.2, -0.15) is 0 Å². The number of urea groups is 1. The van der Waals surface area contributed by atoms with Gasteiger partial charge in [0.15, 0.2) is 0 Å². The molecular formula is C15H20FN3O. The van der Waals surface area contributed by atoms with Gasteiger partial charge in [-0.15, -0.1) is 0 Å². The smallest absolute Gasteiger partial charge is 0.318 e. The summed E-state index contributed by atoms with van der Waals surface area (Å²) in [5, 5.41) is 3.10. The van der Waals surface area contributed by atoms with Gasteiger partial charge in [-0.05, 0) is 37.6 Å². The van der Waals surface area contributed by atoms with Crippen LogP contribution in [0.1, 0.15) is 18.4 Å². The van der Waals surface area contributed by atoms with Crippen molar-refractivity contribution in [3.8, 4) is 0 Å². The van der Waals surface area contributed by atoms with Crippen molar-refractivity contribution in [2.75, 3.05) is 33.2 Å². The molecule has 2 fully saturated rings. The molecule has 0 spiro atoms. The molecule has 3 rings (SSSR count). The van der Waals surface area contributed by atoms with Crippen molar-refractivity contribution in [3.05, 3.63) is 35.6 Å². The Morgan fingerprint density at radius 1 is 1.25 bits per heavy atom. The molecular weight excluding hydrogens is 257 g/mol. The third-order valence-corrected chi connectivity index (χ3v) is 4.26. The van der Waals surface area contributed by atoms with E-state index < -0.39 is 0 Å². The first-order chi connectivity index (χ1) is 9.59. The molecule has 1 aliphatic heterocycles. The maximum atomic E-state index is 13.3. The molecule has 4 nitrogen and oxygen atoms in total. The van der Waals surface area contributed by atoms with E-state index >= 15 is 0 Å². The maximum Gasteiger partial charge on any atom is 0.318 e. The summed E-state index contributed by atoms with van der Waals surface area (Å²) in [5.41, 5.74) is 0.530. The number of carbonyl (C=O) groups is 1. The van der Waals surface area contributed by atoms with E-state index in [1.54, 1.807) is 6.07 Å². The molecule has 1 N–H and O–H groups in total. The lowest BCUT2D eigenvalue weighted by Crippen LogP contribution is -2.52. The van der Waals surface area contributed by atoms with Gasteiger partial charge in [-0.3, -0.25) is 0 Å². The third kappa shape index (κ3) is 2.63. The van der Waals surface area contributed by atoms with E-state index in [1.165, 1.54) is 12.1 Å². The normalized spacial score (nSPS) is 21.6. The van der Waals surface area contributed by atoms with E-state index in [9.17, 15) is 9.18 Å². The molecule has 20 heavy (non-hydrogen) atoms. The van der Waals surface area contributed by atoms with Crippen molar-refractivity contribution in [3.63, 3.8) is 0 Å². The first-order valence-corrected chi connectivity index (χ1v) is 7.11. The minimum absolute atomic E-state index is 0.0279. The molecule has 0 bridgehead atoms. The first kappa shape index (κ1) is 13.4. The summed E-state index contributed by atoms with van der Waals surface area (Å²) in [6.07, 6.45) is 1.77. The Bertz CT molecular complexity index is 508. The summed E-state index contributed by atoms with van der Waals surface area (Å²) in [7, 11) is 2.06. The largest absolute Gasteiger partial charge is 0.328 e. The van der Waals surface area contributed by atoms with Gasteiger partial charge in [0, 0.05) is 26.2 Å². The third-order valence-electron chi connectivity index (χ3n) is 4.26. The van der Waals surface area contributed by atoms with Crippen molar-refractivity contribution in [1.29, 1.82) is 0 Å². The number of carbonyl (C=O) groups excluding carboxylic acids is 1. The van der Waals surface area contributed by atoms with Crippen LogP contribution in [-0.2, 0) is 5.54 Å². The van der Waals surface area contributed by atoms with Gasteiger partial charge in [0.1, 0.15) is 5.82 Å². The number of rotatable bonds is 2. The van der Waals surface area contributed by atoms with Crippen LogP contribution in [0.3, 0.4) is 0 Å². The Labute approximate surface area is 118 Å². The summed E-state index contributed by atoms with van der Waals surface area (Å²) in [6, 6.07) is 6.52. The van der Waals surface area contributed by atoms with Crippen molar-refractivity contribution >= 4 is 6.03 Å². The Kier molecular flexibility index (Phi) is 3.38. The summed E-state index contributed by atoms with van der Waals surface area (Å²) in [5.74, 6) is -0.248. The van der Waals surface area contributed by atoms with Crippen molar-refractivity contribution in [1.82, 2.24) is 15.1 Å². The topological polar surface area (TPSA) is 35.6 Å². The lowest BCUT2D eigenvalue weighted by Gasteiger charge is -2.33. The van der Waals surface area contributed by atoms with Crippen molar-refractivity contribution < 1.29 is 9.18 Å². The van der Waals surface area contributed by atoms with Crippen LogP contribution in [0.5, 0.6) is 0 Å². The number of hydrogen-bond acceptors (Lipinski definition) is 2. The Hall–Kier alpha value is -1.62. The van der Waals surface area contributed by atoms with E-state index in [2.05, 4.69) is 17.3 Å². The predicted octanol–water partition coefficient (Wildman–Crippen LogP) is 1.77. The van der Waals surface area contributed by atoms with Gasteiger partial charge in [0.05, 0.1) is 5.54 Å². The van der Waals surface area contributed by atoms with Crippen LogP contribution < -0.4 is 5.32 Å². The second-order valence-electron chi connectivity index (χ2n) is 5.81. The minimum Gasteiger partial charge on any atom is -0.328 e. The van der Waals surface area contributed by atoms with Crippen molar-refractivity contribution in [2.45, 2.75) is 18.4 Å². The van der Waals surface area contributed by atoms with Crippen LogP contribution in [0.15, 0.2) is 24.3 Å². The average molecular weight is 277 g/mol. The number of halogens is 1. The molecule has 1 aliphatic carbocycles. The molecule has 1 saturated carbocycles. The van der Waals surface area contributed by atoms with Crippen LogP contribution in [0.4, 0.5) is 9.18 Å². The van der Waals surface area contributed by atoms with Crippen LogP contribution in [-0.4, -0.2) is 49.1 Å². The monoisotopic (exact) mass is 277 g/mol. The zero-order valence-corrected chi connectivity index (χ0v) is 11.7. The zero-order valence-electron chi connectivity index (χ0n) is 11.7. The molecule has 2 amide bonds. The molecule has 1 saturated heterocycles. The molecule has 0 radical (unpaired) electrons. The van der Waals surface area contributed by atoms with Crippen molar-refractivity contribution in [2.24, 2.45) is 0 Å². The molecule has 1 aromatic carbocycles. The fraction of sp³-hybridized carbons (Fsp3) is 0.533. The zero-order chi connectivity index (χ0) is 14.2. The van der Waals surface area contributed by atoms with Crippen LogP contribution in [0.2, 0.25) is 0 Å². The molecule has 108 valence electrons. The number of benzene rings is 1. The number of amides is 2. The highest BCUT2D eigenvalue weighted by Gasteiger charge is 2.46. The fourth-order valence-corrected chi connectivity index (χ4v) is 2.69. The molecule has 1 heterocycles.